The highest BCUT2D eigenvalue weighted by Gasteiger charge is 2.64. The Morgan fingerprint density at radius 3 is 2.26 bits per heavy atom. The van der Waals surface area contributed by atoms with E-state index in [9.17, 15) is 5.11 Å². The standard InChI is InChI=1S/C17H30O2/c1-16(2)11-8-9-12(10-11)17(16,3)13-6-5-7-14(19-4)15(13)18/h11-15,18H,5-10H2,1-4H3. The Hall–Kier alpha value is -0.0800. The second kappa shape index (κ2) is 4.46. The summed E-state index contributed by atoms with van der Waals surface area (Å²) in [6.07, 6.45) is 7.40. The van der Waals surface area contributed by atoms with Crippen LogP contribution in [-0.4, -0.2) is 24.4 Å². The second-order valence-corrected chi connectivity index (χ2v) is 8.01. The molecular weight excluding hydrogens is 236 g/mol. The van der Waals surface area contributed by atoms with Gasteiger partial charge < -0.3 is 9.84 Å². The monoisotopic (exact) mass is 266 g/mol. The first-order valence-electron chi connectivity index (χ1n) is 8.13. The normalized spacial score (nSPS) is 52.6. The summed E-state index contributed by atoms with van der Waals surface area (Å²) in [7, 11) is 1.75. The van der Waals surface area contributed by atoms with Gasteiger partial charge in [-0.1, -0.05) is 27.2 Å². The van der Waals surface area contributed by atoms with Crippen molar-refractivity contribution < 1.29 is 9.84 Å². The van der Waals surface area contributed by atoms with E-state index in [2.05, 4.69) is 20.8 Å². The SMILES string of the molecule is COC1CCCC(C2(C)C3CCC(C3)C2(C)C)C1O. The molecule has 2 bridgehead atoms. The zero-order valence-electron chi connectivity index (χ0n) is 13.0. The average Bonchev–Trinajstić information content (AvgIpc) is 2.93. The molecule has 3 aliphatic carbocycles. The van der Waals surface area contributed by atoms with Crippen LogP contribution < -0.4 is 0 Å². The lowest BCUT2D eigenvalue weighted by Crippen LogP contribution is -2.54. The molecule has 2 heteroatoms. The van der Waals surface area contributed by atoms with Crippen molar-refractivity contribution in [2.45, 2.75) is 71.5 Å². The zero-order chi connectivity index (χ0) is 13.8. The summed E-state index contributed by atoms with van der Waals surface area (Å²) in [6, 6.07) is 0. The van der Waals surface area contributed by atoms with Crippen molar-refractivity contribution >= 4 is 0 Å². The molecule has 3 aliphatic rings. The van der Waals surface area contributed by atoms with E-state index >= 15 is 0 Å². The van der Waals surface area contributed by atoms with Gasteiger partial charge in [-0.15, -0.1) is 0 Å². The van der Waals surface area contributed by atoms with Gasteiger partial charge in [-0.3, -0.25) is 0 Å². The van der Waals surface area contributed by atoms with Gasteiger partial charge >= 0.3 is 0 Å². The summed E-state index contributed by atoms with van der Waals surface area (Å²) in [6.45, 7) is 7.39. The Bertz CT molecular complexity index is 351. The lowest BCUT2D eigenvalue weighted by molar-refractivity contribution is -0.144. The van der Waals surface area contributed by atoms with Gasteiger partial charge in [0.25, 0.3) is 0 Å². The Morgan fingerprint density at radius 1 is 1.00 bits per heavy atom. The predicted octanol–water partition coefficient (Wildman–Crippen LogP) is 3.62. The fraction of sp³-hybridized carbons (Fsp3) is 1.00. The van der Waals surface area contributed by atoms with Crippen LogP contribution in [-0.2, 0) is 4.74 Å². The van der Waals surface area contributed by atoms with Gasteiger partial charge in [0.2, 0.25) is 0 Å². The summed E-state index contributed by atoms with van der Waals surface area (Å²) in [4.78, 5) is 0. The molecule has 6 atom stereocenters. The second-order valence-electron chi connectivity index (χ2n) is 8.01. The Kier molecular flexibility index (Phi) is 3.26. The third-order valence-corrected chi connectivity index (χ3v) is 7.56. The average molecular weight is 266 g/mol. The summed E-state index contributed by atoms with van der Waals surface area (Å²) in [5, 5.41) is 10.8. The largest absolute Gasteiger partial charge is 0.390 e. The zero-order valence-corrected chi connectivity index (χ0v) is 13.0. The van der Waals surface area contributed by atoms with Gasteiger partial charge in [-0.25, -0.2) is 0 Å². The number of ether oxygens (including phenoxy) is 1. The highest BCUT2D eigenvalue weighted by Crippen LogP contribution is 2.70. The number of aliphatic hydroxyl groups excluding tert-OH is 1. The van der Waals surface area contributed by atoms with E-state index in [1.165, 1.54) is 32.1 Å². The first-order valence-corrected chi connectivity index (χ1v) is 8.13. The van der Waals surface area contributed by atoms with Crippen LogP contribution in [0.15, 0.2) is 0 Å². The van der Waals surface area contributed by atoms with Crippen molar-refractivity contribution in [1.82, 2.24) is 0 Å². The summed E-state index contributed by atoms with van der Waals surface area (Å²) in [5.74, 6) is 2.12. The Morgan fingerprint density at radius 2 is 1.68 bits per heavy atom. The first-order chi connectivity index (χ1) is 8.92. The first kappa shape index (κ1) is 13.9. The topological polar surface area (TPSA) is 29.5 Å². The van der Waals surface area contributed by atoms with Gasteiger partial charge in [-0.2, -0.15) is 0 Å². The molecule has 2 nitrogen and oxygen atoms in total. The Labute approximate surface area is 117 Å². The third-order valence-electron chi connectivity index (χ3n) is 7.56. The fourth-order valence-electron chi connectivity index (χ4n) is 5.98. The van der Waals surface area contributed by atoms with Crippen LogP contribution in [0, 0.1) is 28.6 Å². The quantitative estimate of drug-likeness (QED) is 0.827. The molecule has 0 radical (unpaired) electrons. The number of hydrogen-bond acceptors (Lipinski definition) is 2. The molecule has 0 heterocycles. The predicted molar refractivity (Wildman–Crippen MR) is 76.9 cm³/mol. The lowest BCUT2D eigenvalue weighted by Gasteiger charge is -2.55. The van der Waals surface area contributed by atoms with Crippen molar-refractivity contribution in [2.75, 3.05) is 7.11 Å². The van der Waals surface area contributed by atoms with E-state index in [1.54, 1.807) is 7.11 Å². The molecule has 3 saturated carbocycles. The highest BCUT2D eigenvalue weighted by atomic mass is 16.5. The maximum Gasteiger partial charge on any atom is 0.0835 e. The van der Waals surface area contributed by atoms with Crippen molar-refractivity contribution in [3.05, 3.63) is 0 Å². The van der Waals surface area contributed by atoms with Crippen molar-refractivity contribution in [3.63, 3.8) is 0 Å². The van der Waals surface area contributed by atoms with Crippen LogP contribution in [0.25, 0.3) is 0 Å². The summed E-state index contributed by atoms with van der Waals surface area (Å²) >= 11 is 0. The summed E-state index contributed by atoms with van der Waals surface area (Å²) in [5.41, 5.74) is 0.670. The third kappa shape index (κ3) is 1.68. The molecule has 0 spiro atoms. The van der Waals surface area contributed by atoms with Crippen LogP contribution >= 0.6 is 0 Å². The van der Waals surface area contributed by atoms with Gasteiger partial charge in [-0.05, 0) is 60.7 Å². The molecule has 0 amide bonds. The van der Waals surface area contributed by atoms with Crippen LogP contribution in [0.1, 0.15) is 59.3 Å². The van der Waals surface area contributed by atoms with Crippen molar-refractivity contribution in [1.29, 1.82) is 0 Å². The molecule has 0 aromatic carbocycles. The molecule has 6 unspecified atom stereocenters. The molecule has 3 fully saturated rings. The van der Waals surface area contributed by atoms with Crippen LogP contribution in [0.3, 0.4) is 0 Å². The number of rotatable bonds is 2. The van der Waals surface area contributed by atoms with Crippen LogP contribution in [0.4, 0.5) is 0 Å². The molecule has 110 valence electrons. The lowest BCUT2D eigenvalue weighted by atomic mass is 9.50. The van der Waals surface area contributed by atoms with E-state index in [-0.39, 0.29) is 12.2 Å². The molecule has 0 aromatic heterocycles. The van der Waals surface area contributed by atoms with E-state index in [4.69, 9.17) is 4.74 Å². The molecule has 3 rings (SSSR count). The maximum atomic E-state index is 10.8. The van der Waals surface area contributed by atoms with E-state index in [0.717, 1.165) is 18.3 Å². The van der Waals surface area contributed by atoms with Gasteiger partial charge in [0, 0.05) is 7.11 Å². The van der Waals surface area contributed by atoms with Gasteiger partial charge in [0.15, 0.2) is 0 Å². The number of fused-ring (bicyclic) bond motifs is 2. The van der Waals surface area contributed by atoms with Crippen molar-refractivity contribution in [2.24, 2.45) is 28.6 Å². The van der Waals surface area contributed by atoms with Gasteiger partial charge in [0.1, 0.15) is 0 Å². The van der Waals surface area contributed by atoms with E-state index in [0.29, 0.717) is 16.7 Å². The molecular formula is C17H30O2. The van der Waals surface area contributed by atoms with Gasteiger partial charge in [0.05, 0.1) is 12.2 Å². The smallest absolute Gasteiger partial charge is 0.0835 e. The molecule has 0 aliphatic heterocycles. The van der Waals surface area contributed by atoms with Crippen molar-refractivity contribution in [3.8, 4) is 0 Å². The Balaban J connectivity index is 1.91. The minimum atomic E-state index is -0.262. The summed E-state index contributed by atoms with van der Waals surface area (Å²) < 4.78 is 5.54. The molecule has 1 N–H and O–H groups in total. The maximum absolute atomic E-state index is 10.8. The van der Waals surface area contributed by atoms with Crippen LogP contribution in [0.2, 0.25) is 0 Å². The molecule has 19 heavy (non-hydrogen) atoms. The minimum absolute atomic E-state index is 0.0606. The van der Waals surface area contributed by atoms with E-state index in [1.807, 2.05) is 0 Å². The highest BCUT2D eigenvalue weighted by molar-refractivity contribution is 5.13. The van der Waals surface area contributed by atoms with E-state index < -0.39 is 0 Å². The number of methoxy groups -OCH3 is 1. The minimum Gasteiger partial charge on any atom is -0.390 e. The molecule has 0 aromatic rings. The molecule has 0 saturated heterocycles. The number of aliphatic hydroxyl groups is 1. The number of hydrogen-bond donors (Lipinski definition) is 1. The fourth-order valence-corrected chi connectivity index (χ4v) is 5.98. The van der Waals surface area contributed by atoms with Crippen LogP contribution in [0.5, 0.6) is 0 Å².